The van der Waals surface area contributed by atoms with Crippen molar-refractivity contribution in [3.05, 3.63) is 69.7 Å². The van der Waals surface area contributed by atoms with Crippen LogP contribution in [0.25, 0.3) is 0 Å². The number of rotatable bonds is 6. The second-order valence-corrected chi connectivity index (χ2v) is 14.4. The molecule has 0 fully saturated rings. The molecule has 2 aliphatic rings. The van der Waals surface area contributed by atoms with Gasteiger partial charge in [0.2, 0.25) is 30.4 Å². The third-order valence-corrected chi connectivity index (χ3v) is 10.0. The molecule has 2 aliphatic heterocycles. The van der Waals surface area contributed by atoms with Gasteiger partial charge < -0.3 is 40.4 Å². The highest BCUT2D eigenvalue weighted by molar-refractivity contribution is 7.09. The molecular weight excluding hydrogens is 703 g/mol. The number of ether oxygens (including phenoxy) is 3. The molecule has 0 saturated heterocycles. The lowest BCUT2D eigenvalue weighted by atomic mass is 10.0. The zero-order valence-corrected chi connectivity index (χ0v) is 31.6. The van der Waals surface area contributed by atoms with Crippen molar-refractivity contribution in [2.24, 2.45) is 5.92 Å². The molecule has 3 aromatic rings. The van der Waals surface area contributed by atoms with Gasteiger partial charge in [0.05, 0.1) is 19.7 Å². The number of likely N-dealkylation sites (N-methyl/N-ethyl adjacent to an activating group) is 1. The fourth-order valence-corrected chi connectivity index (χ4v) is 6.87. The van der Waals surface area contributed by atoms with Crippen LogP contribution in [-0.4, -0.2) is 103 Å². The van der Waals surface area contributed by atoms with Gasteiger partial charge in [-0.3, -0.25) is 28.9 Å². The van der Waals surface area contributed by atoms with Gasteiger partial charge in [-0.05, 0) is 37.8 Å². The number of amides is 5. The summed E-state index contributed by atoms with van der Waals surface area (Å²) >= 11 is 1.22. The topological polar surface area (TPSA) is 181 Å². The Kier molecular flexibility index (Phi) is 12.9. The highest BCUT2D eigenvalue weighted by atomic mass is 32.1. The molecular formula is C37H47N7O8S. The van der Waals surface area contributed by atoms with Crippen LogP contribution < -0.4 is 35.5 Å². The lowest BCUT2D eigenvalue weighted by Crippen LogP contribution is -2.57. The highest BCUT2D eigenvalue weighted by Gasteiger charge is 2.31. The van der Waals surface area contributed by atoms with Crippen molar-refractivity contribution in [3.63, 3.8) is 0 Å². The molecule has 2 bridgehead atoms. The minimum absolute atomic E-state index is 0.0582. The molecule has 4 atom stereocenters. The molecule has 0 radical (unpaired) electrons. The first kappa shape index (κ1) is 39.0. The molecule has 2 aromatic carbocycles. The summed E-state index contributed by atoms with van der Waals surface area (Å²) in [7, 11) is 3.18. The minimum Gasteiger partial charge on any atom is -0.496 e. The largest absolute Gasteiger partial charge is 0.496 e. The van der Waals surface area contributed by atoms with E-state index in [0.717, 1.165) is 11.1 Å². The number of carbonyl (C=O) groups is 5. The second-order valence-electron chi connectivity index (χ2n) is 13.5. The van der Waals surface area contributed by atoms with Crippen molar-refractivity contribution in [1.29, 1.82) is 0 Å². The van der Waals surface area contributed by atoms with Crippen molar-refractivity contribution in [2.45, 2.75) is 64.8 Å². The van der Waals surface area contributed by atoms with Crippen molar-refractivity contribution in [2.75, 3.05) is 40.6 Å². The van der Waals surface area contributed by atoms with Gasteiger partial charge in [0.15, 0.2) is 11.5 Å². The summed E-state index contributed by atoms with van der Waals surface area (Å²) in [6.07, 6.45) is 0.405. The van der Waals surface area contributed by atoms with Crippen LogP contribution in [0.5, 0.6) is 17.2 Å². The van der Waals surface area contributed by atoms with Gasteiger partial charge in [-0.25, -0.2) is 4.98 Å². The summed E-state index contributed by atoms with van der Waals surface area (Å²) < 4.78 is 16.8. The molecule has 16 heteroatoms. The third-order valence-electron chi connectivity index (χ3n) is 9.05. The maximum absolute atomic E-state index is 13.9. The quantitative estimate of drug-likeness (QED) is 0.291. The van der Waals surface area contributed by atoms with Crippen LogP contribution in [0.1, 0.15) is 60.4 Å². The number of methoxy groups -OCH3 is 1. The van der Waals surface area contributed by atoms with E-state index in [1.165, 1.54) is 23.2 Å². The van der Waals surface area contributed by atoms with Crippen molar-refractivity contribution >= 4 is 40.9 Å². The number of hydrogen-bond acceptors (Lipinski definition) is 11. The molecule has 15 nitrogen and oxygen atoms in total. The maximum atomic E-state index is 13.9. The highest BCUT2D eigenvalue weighted by Crippen LogP contribution is 2.38. The molecule has 5 amide bonds. The Hall–Kier alpha value is -5.22. The van der Waals surface area contributed by atoms with Gasteiger partial charge in [-0.2, -0.15) is 0 Å². The Morgan fingerprint density at radius 3 is 2.34 bits per heavy atom. The number of thiazole rings is 1. The van der Waals surface area contributed by atoms with E-state index in [1.807, 2.05) is 41.3 Å². The minimum atomic E-state index is -1.00. The molecule has 0 spiro atoms. The smallest absolute Gasteiger partial charge is 0.271 e. The Bertz CT molecular complexity index is 1800. The van der Waals surface area contributed by atoms with Gasteiger partial charge in [0.1, 0.15) is 34.6 Å². The summed E-state index contributed by atoms with van der Waals surface area (Å²) in [6, 6.07) is 9.70. The summed E-state index contributed by atoms with van der Waals surface area (Å²) in [5, 5.41) is 13.3. The molecule has 0 unspecified atom stereocenters. The van der Waals surface area contributed by atoms with Crippen LogP contribution in [0.15, 0.2) is 47.8 Å². The van der Waals surface area contributed by atoms with E-state index >= 15 is 0 Å². The number of nitrogens with one attached hydrogen (secondary N) is 4. The number of nitrogens with zero attached hydrogens (tertiary/aromatic N) is 3. The first-order valence-electron chi connectivity index (χ1n) is 17.5. The van der Waals surface area contributed by atoms with Crippen LogP contribution in [0.4, 0.5) is 0 Å². The van der Waals surface area contributed by atoms with Crippen molar-refractivity contribution < 1.29 is 38.2 Å². The molecule has 53 heavy (non-hydrogen) atoms. The molecule has 4 N–H and O–H groups in total. The molecule has 284 valence electrons. The molecule has 0 aliphatic carbocycles. The maximum Gasteiger partial charge on any atom is 0.271 e. The zero-order valence-electron chi connectivity index (χ0n) is 30.8. The number of carbonyl (C=O) groups excluding carboxylic acids is 5. The van der Waals surface area contributed by atoms with Crippen LogP contribution in [0, 0.1) is 5.92 Å². The summed E-state index contributed by atoms with van der Waals surface area (Å²) in [6.45, 7) is 7.42. The Morgan fingerprint density at radius 2 is 1.64 bits per heavy atom. The fraction of sp³-hybridized carbons (Fsp3) is 0.459. The second kappa shape index (κ2) is 17.5. The number of aromatic nitrogens is 1. The first-order valence-corrected chi connectivity index (χ1v) is 18.3. The van der Waals surface area contributed by atoms with Gasteiger partial charge in [-0.1, -0.05) is 44.2 Å². The fourth-order valence-electron chi connectivity index (χ4n) is 6.03. The lowest BCUT2D eigenvalue weighted by Gasteiger charge is -2.29. The Morgan fingerprint density at radius 1 is 0.925 bits per heavy atom. The number of hydrogen-bond donors (Lipinski definition) is 4. The first-order chi connectivity index (χ1) is 25.3. The van der Waals surface area contributed by atoms with E-state index in [2.05, 4.69) is 26.3 Å². The van der Waals surface area contributed by atoms with Crippen LogP contribution in [0.2, 0.25) is 0 Å². The summed E-state index contributed by atoms with van der Waals surface area (Å²) in [5.41, 5.74) is 1.79. The van der Waals surface area contributed by atoms with E-state index in [9.17, 15) is 24.0 Å². The lowest BCUT2D eigenvalue weighted by molar-refractivity contribution is -0.136. The monoisotopic (exact) mass is 749 g/mol. The average molecular weight is 750 g/mol. The van der Waals surface area contributed by atoms with E-state index in [0.29, 0.717) is 28.7 Å². The summed E-state index contributed by atoms with van der Waals surface area (Å²) in [4.78, 5) is 75.2. The van der Waals surface area contributed by atoms with E-state index in [-0.39, 0.29) is 56.4 Å². The molecule has 0 saturated carbocycles. The molecule has 1 aromatic heterocycles. The van der Waals surface area contributed by atoms with Crippen LogP contribution >= 0.6 is 11.3 Å². The SMILES string of the molecule is COc1cc2c(cc1CN1CCN(C)C(=O)[C@@H](C)NC(=O)[C@H](C(C)C)NC(=O)[C@H](C)NC(=O)c3csc(n3)[C@H](Cc3ccccc3)NC(=O)C1)OCO2. The Balaban J connectivity index is 1.47. The third kappa shape index (κ3) is 10.0. The standard InChI is InChI=1S/C37H47N7O8S/c1-21(2)32-35(48)39-23(4)37(49)43(5)12-13-44(17-25-15-29-30(52-20-51-29)16-28(25)50-6)18-31(45)40-26(14-24-10-8-7-9-11-24)36-41-27(19-53-36)34(47)38-22(3)33(46)42-32/h7-11,15-16,19,21-23,26,32H,12-14,17-18,20H2,1-6H3,(H,38,47)(H,39,48)(H,40,45)(H,42,46)/t22-,23+,26-,32-/m0/s1. The van der Waals surface area contributed by atoms with Gasteiger partial charge >= 0.3 is 0 Å². The molecule has 3 heterocycles. The zero-order chi connectivity index (χ0) is 38.2. The number of fused-ring (bicyclic) bond motifs is 3. The van der Waals surface area contributed by atoms with Gasteiger partial charge in [0.25, 0.3) is 5.91 Å². The van der Waals surface area contributed by atoms with Gasteiger partial charge in [0, 0.05) is 43.7 Å². The average Bonchev–Trinajstić information content (AvgIpc) is 3.81. The normalized spacial score (nSPS) is 22.4. The Labute approximate surface area is 312 Å². The summed E-state index contributed by atoms with van der Waals surface area (Å²) in [5.74, 6) is -1.01. The predicted molar refractivity (Wildman–Crippen MR) is 196 cm³/mol. The van der Waals surface area contributed by atoms with Crippen LogP contribution in [-0.2, 0) is 32.1 Å². The predicted octanol–water partition coefficient (Wildman–Crippen LogP) is 2.02. The van der Waals surface area contributed by atoms with E-state index in [1.54, 1.807) is 46.4 Å². The van der Waals surface area contributed by atoms with Gasteiger partial charge in [-0.15, -0.1) is 11.3 Å². The van der Waals surface area contributed by atoms with E-state index < -0.39 is 41.9 Å². The number of benzene rings is 2. The molecule has 5 rings (SSSR count). The van der Waals surface area contributed by atoms with Crippen molar-refractivity contribution in [3.8, 4) is 17.2 Å². The van der Waals surface area contributed by atoms with Crippen LogP contribution in [0.3, 0.4) is 0 Å². The van der Waals surface area contributed by atoms with Crippen molar-refractivity contribution in [1.82, 2.24) is 36.1 Å². The van der Waals surface area contributed by atoms with E-state index in [4.69, 9.17) is 14.2 Å².